The Morgan fingerprint density at radius 3 is 1.78 bits per heavy atom. The fourth-order valence-electron chi connectivity index (χ4n) is 1.73. The van der Waals surface area contributed by atoms with Gasteiger partial charge in [0.05, 0.1) is 17.0 Å². The molecule has 8 nitrogen and oxygen atoms in total. The Bertz CT molecular complexity index is 514. The largest absolute Gasteiger partial charge is 0.465 e. The van der Waals surface area contributed by atoms with Crippen LogP contribution >= 0.6 is 0 Å². The quantitative estimate of drug-likeness (QED) is 0.462. The van der Waals surface area contributed by atoms with E-state index in [0.29, 0.717) is 0 Å². The average molecular weight is 254 g/mol. The highest BCUT2D eigenvalue weighted by molar-refractivity contribution is 5.99. The molecule has 0 atom stereocenters. The van der Waals surface area contributed by atoms with Gasteiger partial charge in [-0.1, -0.05) is 0 Å². The van der Waals surface area contributed by atoms with Crippen LogP contribution in [0, 0.1) is 34.1 Å². The standard InChI is InChI=1S/C10H10N2O6/c1-5-4-6(2)9(12(16)17)7(10(13)18-3)8(5)11(14)15/h4H,1-3H3. The second-order valence-corrected chi connectivity index (χ2v) is 3.59. The molecule has 0 N–H and O–H groups in total. The van der Waals surface area contributed by atoms with E-state index in [1.165, 1.54) is 19.9 Å². The number of esters is 1. The van der Waals surface area contributed by atoms with Gasteiger partial charge in [-0.3, -0.25) is 20.2 Å². The van der Waals surface area contributed by atoms with Crippen LogP contribution in [0.15, 0.2) is 6.07 Å². The number of ether oxygens (including phenoxy) is 1. The minimum Gasteiger partial charge on any atom is -0.465 e. The molecular weight excluding hydrogens is 244 g/mol. The maximum absolute atomic E-state index is 11.5. The number of nitro benzene ring substituents is 2. The van der Waals surface area contributed by atoms with Crippen molar-refractivity contribution in [3.63, 3.8) is 0 Å². The number of methoxy groups -OCH3 is 1. The van der Waals surface area contributed by atoms with Crippen molar-refractivity contribution in [3.8, 4) is 0 Å². The minimum atomic E-state index is -1.10. The molecule has 8 heteroatoms. The van der Waals surface area contributed by atoms with Gasteiger partial charge in [-0.2, -0.15) is 0 Å². The van der Waals surface area contributed by atoms with Crippen LogP contribution in [0.3, 0.4) is 0 Å². The summed E-state index contributed by atoms with van der Waals surface area (Å²) in [7, 11) is 1.01. The van der Waals surface area contributed by atoms with E-state index in [1.807, 2.05) is 0 Å². The highest BCUT2D eigenvalue weighted by Gasteiger charge is 2.35. The maximum Gasteiger partial charge on any atom is 0.352 e. The number of rotatable bonds is 3. The number of nitrogens with zero attached hydrogens (tertiary/aromatic N) is 2. The first-order valence-corrected chi connectivity index (χ1v) is 4.82. The van der Waals surface area contributed by atoms with Crippen molar-refractivity contribution < 1.29 is 19.4 Å². The lowest BCUT2D eigenvalue weighted by atomic mass is 10.0. The van der Waals surface area contributed by atoms with Crippen molar-refractivity contribution in [2.45, 2.75) is 13.8 Å². The monoisotopic (exact) mass is 254 g/mol. The van der Waals surface area contributed by atoms with Crippen molar-refractivity contribution >= 4 is 17.3 Å². The van der Waals surface area contributed by atoms with Crippen LogP contribution in [0.25, 0.3) is 0 Å². The van der Waals surface area contributed by atoms with Crippen molar-refractivity contribution in [1.82, 2.24) is 0 Å². The Balaban J connectivity index is 3.82. The lowest BCUT2D eigenvalue weighted by Crippen LogP contribution is -2.12. The molecular formula is C10H10N2O6. The zero-order valence-electron chi connectivity index (χ0n) is 9.92. The van der Waals surface area contributed by atoms with Crippen LogP contribution in [0.5, 0.6) is 0 Å². The van der Waals surface area contributed by atoms with E-state index in [1.54, 1.807) is 0 Å². The number of hydrogen-bond donors (Lipinski definition) is 0. The molecule has 0 aromatic heterocycles. The fourth-order valence-corrected chi connectivity index (χ4v) is 1.73. The molecule has 1 rings (SSSR count). The number of aryl methyl sites for hydroxylation is 2. The maximum atomic E-state index is 11.5. The number of hydrogen-bond acceptors (Lipinski definition) is 6. The summed E-state index contributed by atoms with van der Waals surface area (Å²) in [6.07, 6.45) is 0. The molecule has 0 unspecified atom stereocenters. The Kier molecular flexibility index (Phi) is 3.60. The third-order valence-electron chi connectivity index (χ3n) is 2.41. The molecule has 18 heavy (non-hydrogen) atoms. The summed E-state index contributed by atoms with van der Waals surface area (Å²) >= 11 is 0. The first kappa shape index (κ1) is 13.6. The Hall–Kier alpha value is -2.51. The molecule has 0 saturated heterocycles. The summed E-state index contributed by atoms with van der Waals surface area (Å²) in [6, 6.07) is 1.29. The molecule has 0 aliphatic rings. The number of nitro groups is 2. The molecule has 0 saturated carbocycles. The third-order valence-corrected chi connectivity index (χ3v) is 2.41. The lowest BCUT2D eigenvalue weighted by Gasteiger charge is -2.07. The van der Waals surface area contributed by atoms with Gasteiger partial charge >= 0.3 is 5.97 Å². The second-order valence-electron chi connectivity index (χ2n) is 3.59. The zero-order valence-corrected chi connectivity index (χ0v) is 9.92. The molecule has 0 aliphatic carbocycles. The molecule has 0 spiro atoms. The van der Waals surface area contributed by atoms with Gasteiger partial charge in [-0.15, -0.1) is 0 Å². The van der Waals surface area contributed by atoms with Gasteiger partial charge in [-0.05, 0) is 19.9 Å². The molecule has 0 bridgehead atoms. The lowest BCUT2D eigenvalue weighted by molar-refractivity contribution is -0.395. The van der Waals surface area contributed by atoms with Crippen molar-refractivity contribution in [1.29, 1.82) is 0 Å². The van der Waals surface area contributed by atoms with E-state index in [-0.39, 0.29) is 11.1 Å². The first-order chi connectivity index (χ1) is 8.31. The SMILES string of the molecule is COC(=O)c1c([N+](=O)[O-])c(C)cc(C)c1[N+](=O)[O-]. The Morgan fingerprint density at radius 1 is 1.11 bits per heavy atom. The van der Waals surface area contributed by atoms with E-state index < -0.39 is 32.8 Å². The average Bonchev–Trinajstić information content (AvgIpc) is 2.25. The highest BCUT2D eigenvalue weighted by Crippen LogP contribution is 2.35. The summed E-state index contributed by atoms with van der Waals surface area (Å²) in [5, 5.41) is 21.8. The molecule has 0 heterocycles. The number of carbonyl (C=O) groups excluding carboxylic acids is 1. The van der Waals surface area contributed by atoms with Gasteiger partial charge in [0.1, 0.15) is 0 Å². The fraction of sp³-hybridized carbons (Fsp3) is 0.300. The van der Waals surface area contributed by atoms with E-state index >= 15 is 0 Å². The summed E-state index contributed by atoms with van der Waals surface area (Å²) < 4.78 is 4.38. The van der Waals surface area contributed by atoms with E-state index in [0.717, 1.165) is 7.11 Å². The van der Waals surface area contributed by atoms with Gasteiger partial charge in [0, 0.05) is 11.1 Å². The predicted octanol–water partition coefficient (Wildman–Crippen LogP) is 1.91. The molecule has 1 aromatic rings. The molecule has 0 radical (unpaired) electrons. The van der Waals surface area contributed by atoms with Crippen molar-refractivity contribution in [2.24, 2.45) is 0 Å². The van der Waals surface area contributed by atoms with E-state index in [9.17, 15) is 25.0 Å². The molecule has 0 fully saturated rings. The molecule has 96 valence electrons. The normalized spacial score (nSPS) is 9.94. The summed E-state index contributed by atoms with van der Waals surface area (Å²) in [4.78, 5) is 31.7. The third kappa shape index (κ3) is 2.12. The van der Waals surface area contributed by atoms with E-state index in [2.05, 4.69) is 4.74 Å². The molecule has 1 aromatic carbocycles. The molecule has 0 aliphatic heterocycles. The molecule has 0 amide bonds. The summed E-state index contributed by atoms with van der Waals surface area (Å²) in [5.74, 6) is -1.10. The van der Waals surface area contributed by atoms with Crippen LogP contribution in [0.2, 0.25) is 0 Å². The van der Waals surface area contributed by atoms with Crippen LogP contribution in [0.4, 0.5) is 11.4 Å². The topological polar surface area (TPSA) is 113 Å². The Labute approximate surface area is 101 Å². The smallest absolute Gasteiger partial charge is 0.352 e. The van der Waals surface area contributed by atoms with Crippen LogP contribution in [0.1, 0.15) is 21.5 Å². The van der Waals surface area contributed by atoms with Crippen molar-refractivity contribution in [2.75, 3.05) is 7.11 Å². The van der Waals surface area contributed by atoms with Crippen molar-refractivity contribution in [3.05, 3.63) is 43.0 Å². The zero-order chi connectivity index (χ0) is 14.0. The van der Waals surface area contributed by atoms with E-state index in [4.69, 9.17) is 0 Å². The Morgan fingerprint density at radius 2 is 1.50 bits per heavy atom. The first-order valence-electron chi connectivity index (χ1n) is 4.82. The van der Waals surface area contributed by atoms with Gasteiger partial charge in [0.2, 0.25) is 5.56 Å². The van der Waals surface area contributed by atoms with Gasteiger partial charge in [0.15, 0.2) is 0 Å². The highest BCUT2D eigenvalue weighted by atomic mass is 16.6. The minimum absolute atomic E-state index is 0.170. The number of carbonyl (C=O) groups is 1. The summed E-state index contributed by atoms with van der Waals surface area (Å²) in [6.45, 7) is 2.81. The van der Waals surface area contributed by atoms with Gasteiger partial charge < -0.3 is 4.74 Å². The second kappa shape index (κ2) is 4.78. The van der Waals surface area contributed by atoms with Gasteiger partial charge in [-0.25, -0.2) is 4.79 Å². The predicted molar refractivity (Wildman–Crippen MR) is 60.6 cm³/mol. The van der Waals surface area contributed by atoms with Crippen LogP contribution in [-0.4, -0.2) is 22.9 Å². The van der Waals surface area contributed by atoms with Crippen LogP contribution in [-0.2, 0) is 4.74 Å². The summed E-state index contributed by atoms with van der Waals surface area (Å²) in [5.41, 5.74) is -1.48. The number of benzene rings is 1. The van der Waals surface area contributed by atoms with Gasteiger partial charge in [0.25, 0.3) is 11.4 Å². The van der Waals surface area contributed by atoms with Crippen LogP contribution < -0.4 is 0 Å².